The van der Waals surface area contributed by atoms with Crippen molar-refractivity contribution >= 4 is 5.96 Å². The molecular formula is C22H37N3O2. The Balaban J connectivity index is 2.10. The fourth-order valence-corrected chi connectivity index (χ4v) is 3.92. The number of benzene rings is 1. The van der Waals surface area contributed by atoms with Crippen molar-refractivity contribution in [3.05, 3.63) is 35.9 Å². The third-order valence-corrected chi connectivity index (χ3v) is 6.08. The highest BCUT2D eigenvalue weighted by Crippen LogP contribution is 2.33. The first kappa shape index (κ1) is 21.7. The van der Waals surface area contributed by atoms with E-state index in [0.717, 1.165) is 57.9 Å². The van der Waals surface area contributed by atoms with E-state index in [-0.39, 0.29) is 17.4 Å². The van der Waals surface area contributed by atoms with Crippen LogP contribution in [0.4, 0.5) is 0 Å². The first-order valence-corrected chi connectivity index (χ1v) is 10.4. The van der Waals surface area contributed by atoms with Crippen LogP contribution in [0.25, 0.3) is 0 Å². The Kier molecular flexibility index (Phi) is 8.58. The number of hydrogen-bond donors (Lipinski definition) is 3. The van der Waals surface area contributed by atoms with E-state index in [1.807, 2.05) is 0 Å². The topological polar surface area (TPSA) is 65.9 Å². The molecule has 5 heteroatoms. The molecular weight excluding hydrogens is 338 g/mol. The first-order valence-electron chi connectivity index (χ1n) is 10.4. The molecule has 5 nitrogen and oxygen atoms in total. The standard InChI is InChI=1S/C22H37N3O2/c1-4-22(5-2,19-10-8-7-9-11-19)17-25-20(23-6-3)24-16-21(12-14-26)13-15-27-18-21/h7-11,26H,4-6,12-18H2,1-3H3,(H2,23,24,25). The molecule has 1 fully saturated rings. The van der Waals surface area contributed by atoms with Crippen LogP contribution in [0.5, 0.6) is 0 Å². The maximum Gasteiger partial charge on any atom is 0.191 e. The summed E-state index contributed by atoms with van der Waals surface area (Å²) in [5.41, 5.74) is 1.43. The predicted molar refractivity (Wildman–Crippen MR) is 112 cm³/mol. The van der Waals surface area contributed by atoms with Crippen molar-refractivity contribution < 1.29 is 9.84 Å². The first-order chi connectivity index (χ1) is 13.1. The van der Waals surface area contributed by atoms with Gasteiger partial charge in [0.25, 0.3) is 0 Å². The Morgan fingerprint density at radius 1 is 1.19 bits per heavy atom. The lowest BCUT2D eigenvalue weighted by Gasteiger charge is -2.32. The number of aliphatic hydroxyl groups is 1. The van der Waals surface area contributed by atoms with Crippen molar-refractivity contribution in [2.75, 3.05) is 39.5 Å². The molecule has 152 valence electrons. The van der Waals surface area contributed by atoms with Gasteiger partial charge in [-0.3, -0.25) is 4.99 Å². The molecule has 1 unspecified atom stereocenters. The minimum absolute atomic E-state index is 0.0109. The van der Waals surface area contributed by atoms with Gasteiger partial charge in [-0.15, -0.1) is 0 Å². The summed E-state index contributed by atoms with van der Waals surface area (Å²) in [4.78, 5) is 4.95. The van der Waals surface area contributed by atoms with E-state index in [1.54, 1.807) is 0 Å². The highest BCUT2D eigenvalue weighted by atomic mass is 16.5. The molecule has 1 aliphatic rings. The van der Waals surface area contributed by atoms with Gasteiger partial charge in [0.15, 0.2) is 5.96 Å². The van der Waals surface area contributed by atoms with Crippen molar-refractivity contribution in [2.45, 2.75) is 51.9 Å². The zero-order valence-corrected chi connectivity index (χ0v) is 17.3. The number of guanidine groups is 1. The van der Waals surface area contributed by atoms with Gasteiger partial charge in [-0.05, 0) is 38.2 Å². The van der Waals surface area contributed by atoms with Gasteiger partial charge < -0.3 is 20.5 Å². The highest BCUT2D eigenvalue weighted by molar-refractivity contribution is 5.79. The van der Waals surface area contributed by atoms with Crippen LogP contribution in [0.3, 0.4) is 0 Å². The maximum atomic E-state index is 9.43. The van der Waals surface area contributed by atoms with Gasteiger partial charge in [-0.2, -0.15) is 0 Å². The molecule has 0 amide bonds. The molecule has 27 heavy (non-hydrogen) atoms. The van der Waals surface area contributed by atoms with Crippen molar-refractivity contribution in [2.24, 2.45) is 10.4 Å². The molecule has 1 atom stereocenters. The molecule has 0 saturated carbocycles. The van der Waals surface area contributed by atoms with E-state index in [0.29, 0.717) is 6.61 Å². The average Bonchev–Trinajstić information content (AvgIpc) is 3.17. The van der Waals surface area contributed by atoms with Crippen LogP contribution in [0.15, 0.2) is 35.3 Å². The number of rotatable bonds is 10. The molecule has 0 aliphatic carbocycles. The number of aliphatic hydroxyl groups excluding tert-OH is 1. The average molecular weight is 376 g/mol. The summed E-state index contributed by atoms with van der Waals surface area (Å²) in [5, 5.41) is 16.3. The van der Waals surface area contributed by atoms with Gasteiger partial charge in [-0.25, -0.2) is 0 Å². The summed E-state index contributed by atoms with van der Waals surface area (Å²) >= 11 is 0. The van der Waals surface area contributed by atoms with Crippen LogP contribution in [0.1, 0.15) is 52.0 Å². The highest BCUT2D eigenvalue weighted by Gasteiger charge is 2.34. The van der Waals surface area contributed by atoms with Crippen LogP contribution in [0.2, 0.25) is 0 Å². The van der Waals surface area contributed by atoms with Crippen LogP contribution < -0.4 is 10.6 Å². The fraction of sp³-hybridized carbons (Fsp3) is 0.682. The summed E-state index contributed by atoms with van der Waals surface area (Å²) in [6.07, 6.45) is 3.85. The maximum absolute atomic E-state index is 9.43. The van der Waals surface area contributed by atoms with Gasteiger partial charge in [0, 0.05) is 37.1 Å². The Hall–Kier alpha value is -1.59. The van der Waals surface area contributed by atoms with Crippen molar-refractivity contribution in [3.63, 3.8) is 0 Å². The third-order valence-electron chi connectivity index (χ3n) is 6.08. The molecule has 0 spiro atoms. The quantitative estimate of drug-likeness (QED) is 0.434. The summed E-state index contributed by atoms with van der Waals surface area (Å²) < 4.78 is 5.60. The molecule has 1 aliphatic heterocycles. The van der Waals surface area contributed by atoms with Crippen LogP contribution >= 0.6 is 0 Å². The molecule has 0 aromatic heterocycles. The monoisotopic (exact) mass is 375 g/mol. The van der Waals surface area contributed by atoms with Gasteiger partial charge >= 0.3 is 0 Å². The molecule has 0 bridgehead atoms. The minimum Gasteiger partial charge on any atom is -0.396 e. The fourth-order valence-electron chi connectivity index (χ4n) is 3.92. The number of nitrogens with zero attached hydrogens (tertiary/aromatic N) is 1. The minimum atomic E-state index is 0.0109. The molecule has 2 rings (SSSR count). The predicted octanol–water partition coefficient (Wildman–Crippen LogP) is 3.09. The lowest BCUT2D eigenvalue weighted by atomic mass is 9.76. The van der Waals surface area contributed by atoms with Gasteiger partial charge in [-0.1, -0.05) is 44.2 Å². The van der Waals surface area contributed by atoms with Crippen molar-refractivity contribution in [1.82, 2.24) is 10.6 Å². The lowest BCUT2D eigenvalue weighted by Crippen LogP contribution is -2.45. The van der Waals surface area contributed by atoms with E-state index in [1.165, 1.54) is 5.56 Å². The van der Waals surface area contributed by atoms with Crippen LogP contribution in [-0.2, 0) is 10.2 Å². The second-order valence-corrected chi connectivity index (χ2v) is 7.68. The van der Waals surface area contributed by atoms with E-state index < -0.39 is 0 Å². The van der Waals surface area contributed by atoms with Crippen LogP contribution in [0, 0.1) is 5.41 Å². The second-order valence-electron chi connectivity index (χ2n) is 7.68. The molecule has 1 aromatic carbocycles. The Morgan fingerprint density at radius 2 is 1.93 bits per heavy atom. The summed E-state index contributed by atoms with van der Waals surface area (Å²) in [5.74, 6) is 0.851. The van der Waals surface area contributed by atoms with E-state index in [4.69, 9.17) is 9.73 Å². The Morgan fingerprint density at radius 3 is 2.48 bits per heavy atom. The van der Waals surface area contributed by atoms with Gasteiger partial charge in [0.05, 0.1) is 13.2 Å². The van der Waals surface area contributed by atoms with Crippen LogP contribution in [-0.4, -0.2) is 50.5 Å². The zero-order valence-electron chi connectivity index (χ0n) is 17.3. The Labute approximate surface area is 164 Å². The number of ether oxygens (including phenoxy) is 1. The van der Waals surface area contributed by atoms with E-state index >= 15 is 0 Å². The summed E-state index contributed by atoms with van der Waals surface area (Å²) in [7, 11) is 0. The number of nitrogens with one attached hydrogen (secondary N) is 2. The SMILES string of the molecule is CCNC(=NCC(CC)(CC)c1ccccc1)NCC1(CCO)CCOC1. The summed E-state index contributed by atoms with van der Waals surface area (Å²) in [6, 6.07) is 10.7. The van der Waals surface area contributed by atoms with E-state index in [2.05, 4.69) is 61.7 Å². The van der Waals surface area contributed by atoms with Gasteiger partial charge in [0.1, 0.15) is 0 Å². The normalized spacial score (nSPS) is 20.7. The third kappa shape index (κ3) is 5.69. The molecule has 3 N–H and O–H groups in total. The van der Waals surface area contributed by atoms with Crippen molar-refractivity contribution in [1.29, 1.82) is 0 Å². The van der Waals surface area contributed by atoms with E-state index in [9.17, 15) is 5.11 Å². The molecule has 1 saturated heterocycles. The molecule has 1 aromatic rings. The zero-order chi connectivity index (χ0) is 19.6. The largest absolute Gasteiger partial charge is 0.396 e. The number of aliphatic imine (C=N–C) groups is 1. The molecule has 0 radical (unpaired) electrons. The smallest absolute Gasteiger partial charge is 0.191 e. The molecule has 1 heterocycles. The van der Waals surface area contributed by atoms with Gasteiger partial charge in [0.2, 0.25) is 0 Å². The second kappa shape index (κ2) is 10.7. The summed E-state index contributed by atoms with van der Waals surface area (Å²) in [6.45, 7) is 10.6. The van der Waals surface area contributed by atoms with Crippen molar-refractivity contribution in [3.8, 4) is 0 Å². The Bertz CT molecular complexity index is 564. The number of hydrogen-bond acceptors (Lipinski definition) is 3. The lowest BCUT2D eigenvalue weighted by molar-refractivity contribution is 0.127.